The van der Waals surface area contributed by atoms with Crippen LogP contribution in [0.5, 0.6) is 0 Å². The molecule has 0 amide bonds. The first-order valence-electron chi connectivity index (χ1n) is 4.31. The fraction of sp³-hybridized carbons (Fsp3) is 0.400. The summed E-state index contributed by atoms with van der Waals surface area (Å²) in [6.07, 6.45) is 2.92. The van der Waals surface area contributed by atoms with Gasteiger partial charge in [0, 0.05) is 32.2 Å². The molecule has 84 valence electrons. The molecular formula is C10H16N2O3. The summed E-state index contributed by atoms with van der Waals surface area (Å²) in [4.78, 5) is 15.7. The third-order valence-electron chi connectivity index (χ3n) is 1.51. The van der Waals surface area contributed by atoms with E-state index in [2.05, 4.69) is 14.5 Å². The molecule has 1 rings (SSSR count). The molecule has 0 saturated heterocycles. The van der Waals surface area contributed by atoms with E-state index in [1.54, 1.807) is 12.4 Å². The van der Waals surface area contributed by atoms with Gasteiger partial charge in [0.05, 0.1) is 14.2 Å². The van der Waals surface area contributed by atoms with Crippen LogP contribution in [-0.4, -0.2) is 39.5 Å². The summed E-state index contributed by atoms with van der Waals surface area (Å²) in [6.45, 7) is 0. The van der Waals surface area contributed by atoms with Crippen LogP contribution in [0.15, 0.2) is 24.5 Å². The highest BCUT2D eigenvalue weighted by atomic mass is 16.7. The molecular weight excluding hydrogens is 196 g/mol. The Morgan fingerprint density at radius 3 is 1.87 bits per heavy atom. The van der Waals surface area contributed by atoms with Crippen LogP contribution in [0.25, 0.3) is 0 Å². The van der Waals surface area contributed by atoms with Crippen molar-refractivity contribution >= 4 is 11.8 Å². The van der Waals surface area contributed by atoms with Gasteiger partial charge in [-0.15, -0.1) is 0 Å². The molecule has 0 atom stereocenters. The summed E-state index contributed by atoms with van der Waals surface area (Å²) in [5.41, 5.74) is 1.19. The average Bonchev–Trinajstić information content (AvgIpc) is 2.30. The molecule has 0 N–H and O–H groups in total. The highest BCUT2D eigenvalue weighted by Gasteiger charge is 1.89. The van der Waals surface area contributed by atoms with E-state index < -0.39 is 6.16 Å². The van der Waals surface area contributed by atoms with Crippen molar-refractivity contribution in [3.8, 4) is 0 Å². The van der Waals surface area contributed by atoms with Crippen LogP contribution < -0.4 is 4.90 Å². The van der Waals surface area contributed by atoms with Gasteiger partial charge in [-0.05, 0) is 12.1 Å². The second-order valence-electron chi connectivity index (χ2n) is 2.76. The number of aromatic nitrogens is 1. The van der Waals surface area contributed by atoms with Gasteiger partial charge < -0.3 is 14.4 Å². The zero-order valence-electron chi connectivity index (χ0n) is 9.43. The second-order valence-corrected chi connectivity index (χ2v) is 2.76. The normalized spacial score (nSPS) is 8.27. The number of rotatable bonds is 1. The number of ether oxygens (including phenoxy) is 2. The lowest BCUT2D eigenvalue weighted by Crippen LogP contribution is -2.07. The van der Waals surface area contributed by atoms with Crippen molar-refractivity contribution in [1.82, 2.24) is 4.98 Å². The van der Waals surface area contributed by atoms with Crippen molar-refractivity contribution in [3.05, 3.63) is 24.5 Å². The van der Waals surface area contributed by atoms with Gasteiger partial charge in [0.1, 0.15) is 0 Å². The minimum Gasteiger partial charge on any atom is -0.438 e. The van der Waals surface area contributed by atoms with Gasteiger partial charge in [-0.25, -0.2) is 4.79 Å². The molecule has 0 radical (unpaired) electrons. The van der Waals surface area contributed by atoms with Crippen molar-refractivity contribution in [2.24, 2.45) is 0 Å². The van der Waals surface area contributed by atoms with Gasteiger partial charge in [0.15, 0.2) is 0 Å². The quantitative estimate of drug-likeness (QED) is 0.661. The van der Waals surface area contributed by atoms with Crippen molar-refractivity contribution < 1.29 is 14.3 Å². The van der Waals surface area contributed by atoms with Gasteiger partial charge in [0.25, 0.3) is 0 Å². The Kier molecular flexibility index (Phi) is 6.70. The summed E-state index contributed by atoms with van der Waals surface area (Å²) in [5, 5.41) is 0. The first kappa shape index (κ1) is 13.2. The van der Waals surface area contributed by atoms with E-state index >= 15 is 0 Å². The minimum absolute atomic E-state index is 0.657. The Bertz CT molecular complexity index is 269. The fourth-order valence-electron chi connectivity index (χ4n) is 0.726. The lowest BCUT2D eigenvalue weighted by Gasteiger charge is -2.10. The Hall–Kier alpha value is -1.78. The first-order valence-corrected chi connectivity index (χ1v) is 4.31. The van der Waals surface area contributed by atoms with Crippen molar-refractivity contribution in [2.75, 3.05) is 33.2 Å². The van der Waals surface area contributed by atoms with Gasteiger partial charge in [-0.1, -0.05) is 0 Å². The Morgan fingerprint density at radius 2 is 1.67 bits per heavy atom. The van der Waals surface area contributed by atoms with E-state index in [1.807, 2.05) is 31.1 Å². The largest absolute Gasteiger partial charge is 0.507 e. The molecule has 5 heteroatoms. The van der Waals surface area contributed by atoms with Crippen LogP contribution in [0.1, 0.15) is 0 Å². The highest BCUT2D eigenvalue weighted by Crippen LogP contribution is 2.05. The predicted octanol–water partition coefficient (Wildman–Crippen LogP) is 1.55. The minimum atomic E-state index is -0.657. The molecule has 15 heavy (non-hydrogen) atoms. The lowest BCUT2D eigenvalue weighted by molar-refractivity contribution is 0.0924. The van der Waals surface area contributed by atoms with E-state index in [1.165, 1.54) is 19.9 Å². The third kappa shape index (κ3) is 6.31. The standard InChI is InChI=1S/C7H10N2.C3H6O3/c1-9(2)7-3-5-8-6-4-7;1-5-3(4)6-2/h3-6H,1-2H3;1-2H3. The molecule has 5 nitrogen and oxygen atoms in total. The van der Waals surface area contributed by atoms with E-state index in [-0.39, 0.29) is 0 Å². The molecule has 0 aromatic carbocycles. The molecule has 0 unspecified atom stereocenters. The molecule has 0 bridgehead atoms. The van der Waals surface area contributed by atoms with Gasteiger partial charge in [0.2, 0.25) is 0 Å². The maximum atomic E-state index is 9.74. The molecule has 1 aromatic heterocycles. The van der Waals surface area contributed by atoms with Crippen LogP contribution >= 0.6 is 0 Å². The van der Waals surface area contributed by atoms with Gasteiger partial charge in [-0.2, -0.15) is 0 Å². The fourth-order valence-corrected chi connectivity index (χ4v) is 0.726. The molecule has 0 fully saturated rings. The molecule has 0 aliphatic rings. The number of methoxy groups -OCH3 is 2. The number of pyridine rings is 1. The lowest BCUT2D eigenvalue weighted by atomic mass is 10.4. The number of nitrogens with zero attached hydrogens (tertiary/aromatic N) is 2. The number of anilines is 1. The highest BCUT2D eigenvalue weighted by molar-refractivity contribution is 5.59. The van der Waals surface area contributed by atoms with Gasteiger partial charge in [-0.3, -0.25) is 4.98 Å². The van der Waals surface area contributed by atoms with Crippen LogP contribution in [0.4, 0.5) is 10.5 Å². The molecule has 0 saturated carbocycles. The first-order chi connectivity index (χ1) is 7.11. The van der Waals surface area contributed by atoms with Crippen LogP contribution in [0, 0.1) is 0 Å². The van der Waals surface area contributed by atoms with Crippen LogP contribution in [0.2, 0.25) is 0 Å². The van der Waals surface area contributed by atoms with E-state index in [9.17, 15) is 4.79 Å². The topological polar surface area (TPSA) is 51.7 Å². The zero-order chi connectivity index (χ0) is 11.7. The number of carbonyl (C=O) groups is 1. The Balaban J connectivity index is 0.000000288. The molecule has 0 aliphatic heterocycles. The van der Waals surface area contributed by atoms with Crippen LogP contribution in [-0.2, 0) is 9.47 Å². The third-order valence-corrected chi connectivity index (χ3v) is 1.51. The molecule has 1 aromatic rings. The van der Waals surface area contributed by atoms with E-state index in [4.69, 9.17) is 0 Å². The maximum absolute atomic E-state index is 9.74. The summed E-state index contributed by atoms with van der Waals surface area (Å²) in [7, 11) is 6.53. The predicted molar refractivity (Wildman–Crippen MR) is 58.0 cm³/mol. The number of hydrogen-bond donors (Lipinski definition) is 0. The zero-order valence-corrected chi connectivity index (χ0v) is 9.43. The molecule has 1 heterocycles. The summed E-state index contributed by atoms with van der Waals surface area (Å²) in [5.74, 6) is 0. The monoisotopic (exact) mass is 212 g/mol. The SMILES string of the molecule is CN(C)c1ccncc1.COC(=O)OC. The van der Waals surface area contributed by atoms with Crippen LogP contribution in [0.3, 0.4) is 0 Å². The maximum Gasteiger partial charge on any atom is 0.507 e. The number of carbonyl (C=O) groups excluding carboxylic acids is 1. The molecule has 0 aliphatic carbocycles. The van der Waals surface area contributed by atoms with Crippen molar-refractivity contribution in [1.29, 1.82) is 0 Å². The average molecular weight is 212 g/mol. The number of hydrogen-bond acceptors (Lipinski definition) is 5. The smallest absolute Gasteiger partial charge is 0.438 e. The summed E-state index contributed by atoms with van der Waals surface area (Å²) >= 11 is 0. The second kappa shape index (κ2) is 7.61. The van der Waals surface area contributed by atoms with Crippen molar-refractivity contribution in [3.63, 3.8) is 0 Å². The summed E-state index contributed by atoms with van der Waals surface area (Å²) in [6, 6.07) is 3.94. The van der Waals surface area contributed by atoms with Gasteiger partial charge >= 0.3 is 6.16 Å². The van der Waals surface area contributed by atoms with E-state index in [0.29, 0.717) is 0 Å². The summed E-state index contributed by atoms with van der Waals surface area (Å²) < 4.78 is 8.08. The van der Waals surface area contributed by atoms with E-state index in [0.717, 1.165) is 0 Å². The molecule has 0 spiro atoms. The van der Waals surface area contributed by atoms with Crippen molar-refractivity contribution in [2.45, 2.75) is 0 Å². The Morgan fingerprint density at radius 1 is 1.20 bits per heavy atom. The Labute approximate surface area is 89.6 Å².